The number of amides is 1. The van der Waals surface area contributed by atoms with E-state index in [1.165, 1.54) is 0 Å². The molecule has 22 heavy (non-hydrogen) atoms. The normalized spacial score (nSPS) is 15.2. The lowest BCUT2D eigenvalue weighted by atomic mass is 10.1. The van der Waals surface area contributed by atoms with Gasteiger partial charge in [-0.1, -0.05) is 24.6 Å². The second-order valence-electron chi connectivity index (χ2n) is 5.33. The molecule has 0 bridgehead atoms. The van der Waals surface area contributed by atoms with Gasteiger partial charge in [0.15, 0.2) is 0 Å². The molecule has 1 fully saturated rings. The number of furan rings is 1. The minimum atomic E-state index is 0.213. The number of carbonyl (C=O) groups excluding carboxylic acids is 1. The Morgan fingerprint density at radius 3 is 2.59 bits per heavy atom. The summed E-state index contributed by atoms with van der Waals surface area (Å²) in [6.07, 6.45) is 2.22. The Hall–Kier alpha value is -1.94. The Morgan fingerprint density at radius 1 is 1.18 bits per heavy atom. The van der Waals surface area contributed by atoms with Crippen LogP contribution >= 0.6 is 11.6 Å². The molecular formula is C17H19ClN2O2. The van der Waals surface area contributed by atoms with Crippen LogP contribution in [0, 0.1) is 0 Å². The molecule has 0 radical (unpaired) electrons. The van der Waals surface area contributed by atoms with Gasteiger partial charge in [0.2, 0.25) is 5.91 Å². The summed E-state index contributed by atoms with van der Waals surface area (Å²) in [5.74, 6) is 1.02. The monoisotopic (exact) mass is 318 g/mol. The van der Waals surface area contributed by atoms with E-state index in [-0.39, 0.29) is 5.91 Å². The fourth-order valence-corrected chi connectivity index (χ4v) is 3.16. The third-order valence-corrected chi connectivity index (χ3v) is 4.33. The number of halogens is 1. The fourth-order valence-electron chi connectivity index (χ4n) is 2.87. The van der Waals surface area contributed by atoms with Crippen molar-refractivity contribution in [3.63, 3.8) is 0 Å². The zero-order valence-corrected chi connectivity index (χ0v) is 13.3. The number of benzene rings is 1. The van der Waals surface area contributed by atoms with Gasteiger partial charge in [-0.3, -0.25) is 4.79 Å². The van der Waals surface area contributed by atoms with E-state index < -0.39 is 0 Å². The van der Waals surface area contributed by atoms with Crippen molar-refractivity contribution in [3.05, 3.63) is 41.6 Å². The van der Waals surface area contributed by atoms with E-state index in [1.807, 2.05) is 42.2 Å². The van der Waals surface area contributed by atoms with Gasteiger partial charge >= 0.3 is 0 Å². The van der Waals surface area contributed by atoms with Crippen LogP contribution < -0.4 is 4.90 Å². The summed E-state index contributed by atoms with van der Waals surface area (Å²) in [5.41, 5.74) is 1.98. The van der Waals surface area contributed by atoms with Gasteiger partial charge in [0.1, 0.15) is 5.76 Å². The van der Waals surface area contributed by atoms with Gasteiger partial charge in [0.25, 0.3) is 0 Å². The lowest BCUT2D eigenvalue weighted by molar-refractivity contribution is -0.131. The Balaban J connectivity index is 1.86. The maximum absolute atomic E-state index is 11.8. The van der Waals surface area contributed by atoms with E-state index in [0.717, 1.165) is 43.2 Å². The molecule has 4 nitrogen and oxygen atoms in total. The number of piperazine rings is 1. The number of carbonyl (C=O) groups is 1. The zero-order chi connectivity index (χ0) is 15.5. The van der Waals surface area contributed by atoms with Crippen molar-refractivity contribution in [1.29, 1.82) is 0 Å². The van der Waals surface area contributed by atoms with Crippen LogP contribution in [0.3, 0.4) is 0 Å². The number of nitrogens with zero attached hydrogens (tertiary/aromatic N) is 2. The van der Waals surface area contributed by atoms with Gasteiger partial charge in [0.05, 0.1) is 17.0 Å². The molecule has 5 heteroatoms. The molecule has 0 unspecified atom stereocenters. The molecule has 1 amide bonds. The van der Waals surface area contributed by atoms with Crippen molar-refractivity contribution in [2.75, 3.05) is 31.1 Å². The molecule has 1 aliphatic heterocycles. The van der Waals surface area contributed by atoms with Crippen LogP contribution in [-0.4, -0.2) is 37.0 Å². The lowest BCUT2D eigenvalue weighted by Crippen LogP contribution is -2.48. The minimum Gasteiger partial charge on any atom is -0.464 e. The van der Waals surface area contributed by atoms with E-state index in [0.29, 0.717) is 11.4 Å². The fraction of sp³-hybridized carbons (Fsp3) is 0.353. The molecule has 0 saturated carbocycles. The molecule has 1 saturated heterocycles. The standard InChI is InChI=1S/C17H19ClN2O2/c1-2-16(21)19-8-10-20(11-9-19)17-13(5-3-6-14(17)18)15-7-4-12-22-15/h3-7,12H,2,8-11H2,1H3. The predicted octanol–water partition coefficient (Wildman–Crippen LogP) is 3.66. The summed E-state index contributed by atoms with van der Waals surface area (Å²) in [7, 11) is 0. The van der Waals surface area contributed by atoms with Gasteiger partial charge in [-0.25, -0.2) is 0 Å². The van der Waals surface area contributed by atoms with E-state index in [9.17, 15) is 4.79 Å². The molecular weight excluding hydrogens is 300 g/mol. The van der Waals surface area contributed by atoms with Gasteiger partial charge in [0, 0.05) is 38.2 Å². The molecule has 1 aromatic carbocycles. The van der Waals surface area contributed by atoms with E-state index in [2.05, 4.69) is 4.90 Å². The molecule has 0 N–H and O–H groups in total. The van der Waals surface area contributed by atoms with Crippen LogP contribution in [0.5, 0.6) is 0 Å². The van der Waals surface area contributed by atoms with Gasteiger partial charge in [-0.2, -0.15) is 0 Å². The predicted molar refractivity (Wildman–Crippen MR) is 88.2 cm³/mol. The summed E-state index contributed by atoms with van der Waals surface area (Å²) in [6, 6.07) is 9.65. The van der Waals surface area contributed by atoms with Crippen LogP contribution in [0.4, 0.5) is 5.69 Å². The SMILES string of the molecule is CCC(=O)N1CCN(c2c(Cl)cccc2-c2ccco2)CC1. The number of rotatable bonds is 3. The topological polar surface area (TPSA) is 36.7 Å². The number of anilines is 1. The summed E-state index contributed by atoms with van der Waals surface area (Å²) in [6.45, 7) is 4.93. The van der Waals surface area contributed by atoms with E-state index >= 15 is 0 Å². The third-order valence-electron chi connectivity index (χ3n) is 4.02. The molecule has 2 heterocycles. The Kier molecular flexibility index (Phi) is 4.39. The molecule has 1 aliphatic rings. The first kappa shape index (κ1) is 15.0. The molecule has 0 spiro atoms. The van der Waals surface area contributed by atoms with Gasteiger partial charge < -0.3 is 14.2 Å². The maximum Gasteiger partial charge on any atom is 0.222 e. The summed E-state index contributed by atoms with van der Waals surface area (Å²) in [5, 5.41) is 0.712. The van der Waals surface area contributed by atoms with Crippen LogP contribution in [0.1, 0.15) is 13.3 Å². The van der Waals surface area contributed by atoms with Crippen molar-refractivity contribution in [2.24, 2.45) is 0 Å². The Morgan fingerprint density at radius 2 is 1.95 bits per heavy atom. The second kappa shape index (κ2) is 6.44. The quantitative estimate of drug-likeness (QED) is 0.866. The Labute approximate surface area is 135 Å². The summed E-state index contributed by atoms with van der Waals surface area (Å²) in [4.78, 5) is 15.9. The number of hydrogen-bond donors (Lipinski definition) is 0. The first-order chi connectivity index (χ1) is 10.7. The number of hydrogen-bond acceptors (Lipinski definition) is 3. The highest BCUT2D eigenvalue weighted by Gasteiger charge is 2.24. The van der Waals surface area contributed by atoms with Crippen LogP contribution in [0.2, 0.25) is 5.02 Å². The van der Waals surface area contributed by atoms with Crippen LogP contribution in [-0.2, 0) is 4.79 Å². The molecule has 3 rings (SSSR count). The molecule has 1 aromatic heterocycles. The molecule has 0 atom stereocenters. The average molecular weight is 319 g/mol. The zero-order valence-electron chi connectivity index (χ0n) is 12.6. The summed E-state index contributed by atoms with van der Waals surface area (Å²) >= 11 is 6.44. The third kappa shape index (κ3) is 2.83. The smallest absolute Gasteiger partial charge is 0.222 e. The van der Waals surface area contributed by atoms with Gasteiger partial charge in [-0.05, 0) is 24.3 Å². The average Bonchev–Trinajstić information content (AvgIpc) is 3.08. The highest BCUT2D eigenvalue weighted by atomic mass is 35.5. The van der Waals surface area contributed by atoms with Crippen LogP contribution in [0.25, 0.3) is 11.3 Å². The van der Waals surface area contributed by atoms with Crippen molar-refractivity contribution in [2.45, 2.75) is 13.3 Å². The molecule has 0 aliphatic carbocycles. The minimum absolute atomic E-state index is 0.213. The van der Waals surface area contributed by atoms with Crippen LogP contribution in [0.15, 0.2) is 41.0 Å². The molecule has 2 aromatic rings. The van der Waals surface area contributed by atoms with Crippen molar-refractivity contribution < 1.29 is 9.21 Å². The Bertz CT molecular complexity index is 647. The number of para-hydroxylation sites is 1. The van der Waals surface area contributed by atoms with Crippen molar-refractivity contribution in [1.82, 2.24) is 4.90 Å². The largest absolute Gasteiger partial charge is 0.464 e. The lowest BCUT2D eigenvalue weighted by Gasteiger charge is -2.37. The first-order valence-corrected chi connectivity index (χ1v) is 7.93. The first-order valence-electron chi connectivity index (χ1n) is 7.56. The maximum atomic E-state index is 11.8. The van der Waals surface area contributed by atoms with Gasteiger partial charge in [-0.15, -0.1) is 0 Å². The highest BCUT2D eigenvalue weighted by Crippen LogP contribution is 2.37. The van der Waals surface area contributed by atoms with Crippen molar-refractivity contribution >= 4 is 23.2 Å². The summed E-state index contributed by atoms with van der Waals surface area (Å²) < 4.78 is 5.53. The van der Waals surface area contributed by atoms with E-state index in [1.54, 1.807) is 6.26 Å². The second-order valence-corrected chi connectivity index (χ2v) is 5.74. The highest BCUT2D eigenvalue weighted by molar-refractivity contribution is 6.34. The van der Waals surface area contributed by atoms with Crippen molar-refractivity contribution in [3.8, 4) is 11.3 Å². The molecule has 116 valence electrons. The van der Waals surface area contributed by atoms with E-state index in [4.69, 9.17) is 16.0 Å².